The van der Waals surface area contributed by atoms with E-state index < -0.39 is 30.6 Å². The summed E-state index contributed by atoms with van der Waals surface area (Å²) in [5.41, 5.74) is 0.532. The molecule has 9 nitrogen and oxygen atoms in total. The number of urea groups is 1. The highest BCUT2D eigenvalue weighted by molar-refractivity contribution is 5.97. The van der Waals surface area contributed by atoms with Gasteiger partial charge in [-0.1, -0.05) is 30.3 Å². The summed E-state index contributed by atoms with van der Waals surface area (Å²) in [5.74, 6) is -0.372. The van der Waals surface area contributed by atoms with Crippen molar-refractivity contribution in [2.45, 2.75) is 6.10 Å². The van der Waals surface area contributed by atoms with Crippen LogP contribution in [0, 0.1) is 0 Å². The Balaban J connectivity index is 1.19. The smallest absolute Gasteiger partial charge is 0.374 e. The van der Waals surface area contributed by atoms with E-state index in [1.807, 2.05) is 18.2 Å². The molecule has 2 heterocycles. The van der Waals surface area contributed by atoms with Gasteiger partial charge < -0.3 is 23.9 Å². The lowest BCUT2D eigenvalue weighted by atomic mass is 10.2. The number of furan rings is 1. The number of nitrogens with one attached hydrogen (secondary N) is 2. The van der Waals surface area contributed by atoms with Crippen molar-refractivity contribution in [3.8, 4) is 11.5 Å². The molecule has 0 radical (unpaired) electrons. The van der Waals surface area contributed by atoms with Crippen LogP contribution in [-0.4, -0.2) is 43.8 Å². The molecule has 1 aliphatic rings. The third kappa shape index (κ3) is 4.52. The lowest BCUT2D eigenvalue weighted by Crippen LogP contribution is -2.46. The molecule has 2 N–H and O–H groups in total. The second kappa shape index (κ2) is 8.56. The molecule has 1 aliphatic heterocycles. The Labute approximate surface area is 170 Å². The number of carbonyl (C=O) groups is 3. The average molecular weight is 410 g/mol. The fourth-order valence-electron chi connectivity index (χ4n) is 2.86. The first kappa shape index (κ1) is 19.3. The first-order chi connectivity index (χ1) is 14.6. The predicted molar refractivity (Wildman–Crippen MR) is 104 cm³/mol. The fraction of sp³-hybridized carbons (Fsp3) is 0.190. The molecule has 0 bridgehead atoms. The molecule has 0 aliphatic carbocycles. The zero-order valence-electron chi connectivity index (χ0n) is 15.8. The maximum absolute atomic E-state index is 12.0. The molecule has 3 aromatic rings. The van der Waals surface area contributed by atoms with E-state index >= 15 is 0 Å². The molecule has 0 saturated heterocycles. The van der Waals surface area contributed by atoms with Crippen molar-refractivity contribution >= 4 is 28.9 Å². The van der Waals surface area contributed by atoms with Crippen molar-refractivity contribution in [2.24, 2.45) is 0 Å². The van der Waals surface area contributed by atoms with E-state index in [0.29, 0.717) is 17.1 Å². The van der Waals surface area contributed by atoms with Crippen LogP contribution in [0.5, 0.6) is 11.5 Å². The van der Waals surface area contributed by atoms with Gasteiger partial charge >= 0.3 is 12.0 Å². The van der Waals surface area contributed by atoms with Crippen LogP contribution in [0.2, 0.25) is 0 Å². The summed E-state index contributed by atoms with van der Waals surface area (Å²) in [4.78, 5) is 35.7. The highest BCUT2D eigenvalue weighted by Crippen LogP contribution is 2.30. The number of imide groups is 1. The normalized spacial score (nSPS) is 14.7. The molecular formula is C21H18N2O7. The van der Waals surface area contributed by atoms with E-state index in [-0.39, 0.29) is 18.9 Å². The van der Waals surface area contributed by atoms with Gasteiger partial charge in [-0.3, -0.25) is 10.1 Å². The lowest BCUT2D eigenvalue weighted by Gasteiger charge is -2.26. The quantitative estimate of drug-likeness (QED) is 0.620. The van der Waals surface area contributed by atoms with E-state index in [4.69, 9.17) is 18.6 Å². The molecule has 0 fully saturated rings. The van der Waals surface area contributed by atoms with E-state index in [9.17, 15) is 14.4 Å². The maximum atomic E-state index is 12.0. The zero-order valence-corrected chi connectivity index (χ0v) is 15.8. The van der Waals surface area contributed by atoms with Crippen molar-refractivity contribution in [3.63, 3.8) is 0 Å². The third-order valence-corrected chi connectivity index (χ3v) is 4.27. The monoisotopic (exact) mass is 410 g/mol. The van der Waals surface area contributed by atoms with E-state index in [1.54, 1.807) is 30.3 Å². The van der Waals surface area contributed by atoms with Gasteiger partial charge in [0.2, 0.25) is 5.76 Å². The number of carbonyl (C=O) groups excluding carboxylic acids is 3. The van der Waals surface area contributed by atoms with Crippen molar-refractivity contribution < 1.29 is 33.0 Å². The van der Waals surface area contributed by atoms with Crippen LogP contribution in [0.3, 0.4) is 0 Å². The number of esters is 1. The van der Waals surface area contributed by atoms with Crippen molar-refractivity contribution in [1.82, 2.24) is 10.6 Å². The summed E-state index contributed by atoms with van der Waals surface area (Å²) in [7, 11) is 0. The molecule has 3 amide bonds. The Morgan fingerprint density at radius 3 is 2.63 bits per heavy atom. The van der Waals surface area contributed by atoms with Crippen molar-refractivity contribution in [2.75, 3.05) is 19.8 Å². The van der Waals surface area contributed by atoms with Gasteiger partial charge in [-0.15, -0.1) is 0 Å². The molecule has 1 unspecified atom stereocenters. The van der Waals surface area contributed by atoms with Gasteiger partial charge in [0.25, 0.3) is 5.91 Å². The first-order valence-corrected chi connectivity index (χ1v) is 9.20. The number of benzene rings is 2. The highest BCUT2D eigenvalue weighted by Gasteiger charge is 2.22. The van der Waals surface area contributed by atoms with Gasteiger partial charge in [-0.05, 0) is 24.3 Å². The summed E-state index contributed by atoms with van der Waals surface area (Å²) in [6, 6.07) is 15.1. The Hall–Kier alpha value is -4.01. The van der Waals surface area contributed by atoms with Gasteiger partial charge in [-0.25, -0.2) is 9.59 Å². The molecule has 4 rings (SSSR count). The number of fused-ring (bicyclic) bond motifs is 2. The largest absolute Gasteiger partial charge is 0.486 e. The van der Waals surface area contributed by atoms with Crippen LogP contribution < -0.4 is 20.1 Å². The minimum Gasteiger partial charge on any atom is -0.486 e. The number of hydrogen-bond acceptors (Lipinski definition) is 7. The number of para-hydroxylation sites is 3. The van der Waals surface area contributed by atoms with Gasteiger partial charge in [0, 0.05) is 5.39 Å². The molecule has 9 heteroatoms. The molecular weight excluding hydrogens is 392 g/mol. The van der Waals surface area contributed by atoms with Gasteiger partial charge in [0.15, 0.2) is 24.2 Å². The van der Waals surface area contributed by atoms with Crippen molar-refractivity contribution in [1.29, 1.82) is 0 Å². The fourth-order valence-corrected chi connectivity index (χ4v) is 2.86. The topological polar surface area (TPSA) is 116 Å². The zero-order chi connectivity index (χ0) is 20.9. The summed E-state index contributed by atoms with van der Waals surface area (Å²) >= 11 is 0. The molecule has 1 atom stereocenters. The average Bonchev–Trinajstić information content (AvgIpc) is 3.20. The SMILES string of the molecule is O=C(COC(=O)c1cc2ccccc2o1)NC(=O)NCC1COc2ccccc2O1. The summed E-state index contributed by atoms with van der Waals surface area (Å²) in [5, 5.41) is 5.34. The molecule has 30 heavy (non-hydrogen) atoms. The number of amides is 3. The Bertz CT molecular complexity index is 1060. The predicted octanol–water partition coefficient (Wildman–Crippen LogP) is 2.26. The van der Waals surface area contributed by atoms with Crippen LogP contribution in [0.15, 0.2) is 59.0 Å². The maximum Gasteiger partial charge on any atom is 0.374 e. The molecule has 154 valence electrons. The molecule has 0 spiro atoms. The second-order valence-electron chi connectivity index (χ2n) is 6.48. The van der Waals surface area contributed by atoms with Crippen LogP contribution >= 0.6 is 0 Å². The van der Waals surface area contributed by atoms with Crippen LogP contribution in [0.1, 0.15) is 10.6 Å². The minimum absolute atomic E-state index is 0.0248. The lowest BCUT2D eigenvalue weighted by molar-refractivity contribution is -0.123. The van der Waals surface area contributed by atoms with Crippen LogP contribution in [0.25, 0.3) is 11.0 Å². The first-order valence-electron chi connectivity index (χ1n) is 9.20. The summed E-state index contributed by atoms with van der Waals surface area (Å²) < 4.78 is 21.5. The van der Waals surface area contributed by atoms with E-state index in [1.165, 1.54) is 6.07 Å². The van der Waals surface area contributed by atoms with Crippen LogP contribution in [0.4, 0.5) is 4.79 Å². The van der Waals surface area contributed by atoms with E-state index in [2.05, 4.69) is 10.6 Å². The van der Waals surface area contributed by atoms with E-state index in [0.717, 1.165) is 5.39 Å². The Morgan fingerprint density at radius 1 is 1.03 bits per heavy atom. The van der Waals surface area contributed by atoms with Gasteiger partial charge in [0.1, 0.15) is 12.2 Å². The second-order valence-corrected chi connectivity index (χ2v) is 6.48. The number of rotatable bonds is 5. The Morgan fingerprint density at radius 2 is 1.80 bits per heavy atom. The van der Waals surface area contributed by atoms with Gasteiger partial charge in [0.05, 0.1) is 6.54 Å². The standard InChI is InChI=1S/C21H18N2O7/c24-19(12-28-20(25)18-9-13-5-1-2-6-15(13)30-18)23-21(26)22-10-14-11-27-16-7-3-4-8-17(16)29-14/h1-9,14H,10-12H2,(H2,22,23,24,26). The Kier molecular flexibility index (Phi) is 5.51. The summed E-state index contributed by atoms with van der Waals surface area (Å²) in [6.45, 7) is -0.230. The number of ether oxygens (including phenoxy) is 3. The third-order valence-electron chi connectivity index (χ3n) is 4.27. The number of hydrogen-bond donors (Lipinski definition) is 2. The highest BCUT2D eigenvalue weighted by atomic mass is 16.6. The van der Waals surface area contributed by atoms with Crippen LogP contribution in [-0.2, 0) is 9.53 Å². The molecule has 1 aromatic heterocycles. The van der Waals surface area contributed by atoms with Crippen molar-refractivity contribution in [3.05, 3.63) is 60.4 Å². The van der Waals surface area contributed by atoms with Gasteiger partial charge in [-0.2, -0.15) is 0 Å². The minimum atomic E-state index is -0.798. The molecule has 2 aromatic carbocycles. The molecule has 0 saturated carbocycles. The summed E-state index contributed by atoms with van der Waals surface area (Å²) in [6.07, 6.45) is -0.397.